The van der Waals surface area contributed by atoms with E-state index in [2.05, 4.69) is 10.8 Å². The van der Waals surface area contributed by atoms with Crippen molar-refractivity contribution in [3.63, 3.8) is 0 Å². The van der Waals surface area contributed by atoms with E-state index in [0.717, 1.165) is 25.8 Å². The Morgan fingerprint density at radius 2 is 2.20 bits per heavy atom. The molecule has 1 saturated heterocycles. The Bertz CT molecular complexity index is 205. The van der Waals surface area contributed by atoms with Crippen LogP contribution < -0.4 is 10.8 Å². The van der Waals surface area contributed by atoms with E-state index in [9.17, 15) is 4.79 Å². The Hall–Kier alpha value is -0.810. The molecule has 1 amide bonds. The third-order valence-corrected chi connectivity index (χ3v) is 1.90. The lowest BCUT2D eigenvalue weighted by Crippen LogP contribution is -2.42. The second-order valence-electron chi connectivity index (χ2n) is 4.64. The molecule has 1 atom stereocenters. The summed E-state index contributed by atoms with van der Waals surface area (Å²) in [6, 6.07) is 0. The second kappa shape index (κ2) is 5.32. The van der Waals surface area contributed by atoms with Gasteiger partial charge in [0.1, 0.15) is 5.60 Å². The fraction of sp³-hybridized carbons (Fsp3) is 0.900. The maximum Gasteiger partial charge on any atom is 0.409 e. The number of nitrogens with one attached hydrogen (secondary N) is 2. The average Bonchev–Trinajstić information content (AvgIpc) is 2.28. The first-order valence-electron chi connectivity index (χ1n) is 5.35. The summed E-state index contributed by atoms with van der Waals surface area (Å²) < 4.78 is 5.12. The van der Waals surface area contributed by atoms with E-state index in [0.29, 0.717) is 0 Å². The Labute approximate surface area is 90.5 Å². The van der Waals surface area contributed by atoms with Crippen LogP contribution in [0.1, 0.15) is 40.0 Å². The predicted octanol–water partition coefficient (Wildman–Crippen LogP) is 1.54. The van der Waals surface area contributed by atoms with Crippen LogP contribution in [0, 0.1) is 0 Å². The van der Waals surface area contributed by atoms with E-state index >= 15 is 0 Å². The number of hydrogen-bond acceptors (Lipinski definition) is 4. The fourth-order valence-electron chi connectivity index (χ4n) is 1.29. The first kappa shape index (κ1) is 12.3. The van der Waals surface area contributed by atoms with Crippen molar-refractivity contribution in [3.8, 4) is 0 Å². The normalized spacial score (nSPS) is 23.0. The quantitative estimate of drug-likeness (QED) is 0.698. The summed E-state index contributed by atoms with van der Waals surface area (Å²) in [6.07, 6.45) is 2.19. The number of alkyl carbamates (subject to hydrolysis) is 1. The highest BCUT2D eigenvalue weighted by atomic mass is 16.7. The van der Waals surface area contributed by atoms with Gasteiger partial charge < -0.3 is 4.74 Å². The highest BCUT2D eigenvalue weighted by Crippen LogP contribution is 2.09. The third kappa shape index (κ3) is 5.59. The Kier molecular flexibility index (Phi) is 4.35. The summed E-state index contributed by atoms with van der Waals surface area (Å²) in [6.45, 7) is 6.32. The van der Waals surface area contributed by atoms with Crippen LogP contribution in [0.25, 0.3) is 0 Å². The smallest absolute Gasteiger partial charge is 0.409 e. The number of ether oxygens (including phenoxy) is 1. The zero-order valence-electron chi connectivity index (χ0n) is 9.63. The molecule has 1 heterocycles. The molecule has 1 rings (SSSR count). The Morgan fingerprint density at radius 1 is 1.47 bits per heavy atom. The summed E-state index contributed by atoms with van der Waals surface area (Å²) >= 11 is 0. The van der Waals surface area contributed by atoms with Crippen molar-refractivity contribution in [2.75, 3.05) is 6.54 Å². The molecule has 0 aromatic rings. The molecule has 0 radical (unpaired) electrons. The van der Waals surface area contributed by atoms with Gasteiger partial charge in [-0.25, -0.2) is 10.3 Å². The molecule has 0 aliphatic carbocycles. The first-order valence-corrected chi connectivity index (χ1v) is 5.35. The summed E-state index contributed by atoms with van der Waals surface area (Å²) in [7, 11) is 0. The zero-order chi connectivity index (χ0) is 11.3. The number of amides is 1. The van der Waals surface area contributed by atoms with E-state index in [1.807, 2.05) is 20.8 Å². The van der Waals surface area contributed by atoms with Gasteiger partial charge in [-0.05, 0) is 40.0 Å². The van der Waals surface area contributed by atoms with Gasteiger partial charge in [0.15, 0.2) is 6.23 Å². The van der Waals surface area contributed by atoms with Gasteiger partial charge in [-0.2, -0.15) is 0 Å². The third-order valence-electron chi connectivity index (χ3n) is 1.90. The van der Waals surface area contributed by atoms with Crippen LogP contribution >= 0.6 is 0 Å². The van der Waals surface area contributed by atoms with Crippen LogP contribution in [0.2, 0.25) is 0 Å². The minimum absolute atomic E-state index is 0.289. The lowest BCUT2D eigenvalue weighted by atomic mass is 10.2. The molecule has 5 heteroatoms. The summed E-state index contributed by atoms with van der Waals surface area (Å²) in [5.74, 6) is 0. The standard InChI is InChI=1S/C10H20N2O3/c1-10(2,3)14-9(13)12-8-6-4-5-7-11-15-8/h8,11H,4-7H2,1-3H3,(H,12,13). The Balaban J connectivity index is 2.30. The molecule has 2 N–H and O–H groups in total. The molecule has 15 heavy (non-hydrogen) atoms. The summed E-state index contributed by atoms with van der Waals surface area (Å²) in [5, 5.41) is 2.67. The Morgan fingerprint density at radius 3 is 2.87 bits per heavy atom. The van der Waals surface area contributed by atoms with Gasteiger partial charge in [-0.3, -0.25) is 10.2 Å². The SMILES string of the molecule is CC(C)(C)OC(=O)NC1CCCCNO1. The van der Waals surface area contributed by atoms with Gasteiger partial charge in [-0.1, -0.05) is 0 Å². The van der Waals surface area contributed by atoms with Crippen LogP contribution in [-0.4, -0.2) is 24.5 Å². The van der Waals surface area contributed by atoms with Gasteiger partial charge in [0.2, 0.25) is 0 Å². The topological polar surface area (TPSA) is 59.6 Å². The molecule has 5 nitrogen and oxygen atoms in total. The lowest BCUT2D eigenvalue weighted by molar-refractivity contribution is -0.0403. The molecule has 1 unspecified atom stereocenters. The van der Waals surface area contributed by atoms with Crippen molar-refractivity contribution < 1.29 is 14.4 Å². The number of carbonyl (C=O) groups excluding carboxylic acids is 1. The van der Waals surface area contributed by atoms with E-state index < -0.39 is 11.7 Å². The number of hydroxylamine groups is 1. The van der Waals surface area contributed by atoms with Gasteiger partial charge in [-0.15, -0.1) is 0 Å². The number of hydrogen-bond donors (Lipinski definition) is 2. The number of carbonyl (C=O) groups is 1. The van der Waals surface area contributed by atoms with Gasteiger partial charge in [0.25, 0.3) is 0 Å². The maximum atomic E-state index is 11.4. The highest BCUT2D eigenvalue weighted by molar-refractivity contribution is 5.67. The van der Waals surface area contributed by atoms with E-state index in [4.69, 9.17) is 9.57 Å². The largest absolute Gasteiger partial charge is 0.444 e. The van der Waals surface area contributed by atoms with Crippen molar-refractivity contribution in [2.24, 2.45) is 0 Å². The summed E-state index contributed by atoms with van der Waals surface area (Å²) in [4.78, 5) is 16.6. The average molecular weight is 216 g/mol. The molecule has 0 spiro atoms. The first-order chi connectivity index (χ1) is 6.97. The van der Waals surface area contributed by atoms with Crippen LogP contribution in [-0.2, 0) is 9.57 Å². The van der Waals surface area contributed by atoms with Crippen molar-refractivity contribution in [1.82, 2.24) is 10.8 Å². The van der Waals surface area contributed by atoms with Crippen LogP contribution in [0.4, 0.5) is 4.79 Å². The van der Waals surface area contributed by atoms with Gasteiger partial charge in [0, 0.05) is 6.54 Å². The van der Waals surface area contributed by atoms with Crippen LogP contribution in [0.5, 0.6) is 0 Å². The summed E-state index contributed by atoms with van der Waals surface area (Å²) in [5.41, 5.74) is 2.33. The molecule has 1 aliphatic heterocycles. The van der Waals surface area contributed by atoms with Crippen molar-refractivity contribution in [2.45, 2.75) is 51.9 Å². The monoisotopic (exact) mass is 216 g/mol. The van der Waals surface area contributed by atoms with Crippen molar-refractivity contribution in [3.05, 3.63) is 0 Å². The van der Waals surface area contributed by atoms with Crippen LogP contribution in [0.3, 0.4) is 0 Å². The molecular formula is C10H20N2O3. The molecule has 0 saturated carbocycles. The molecule has 88 valence electrons. The minimum atomic E-state index is -0.470. The van der Waals surface area contributed by atoms with Crippen molar-refractivity contribution in [1.29, 1.82) is 0 Å². The molecule has 0 aromatic carbocycles. The predicted molar refractivity (Wildman–Crippen MR) is 56.1 cm³/mol. The fourth-order valence-corrected chi connectivity index (χ4v) is 1.29. The minimum Gasteiger partial charge on any atom is -0.444 e. The van der Waals surface area contributed by atoms with Crippen LogP contribution in [0.15, 0.2) is 0 Å². The van der Waals surface area contributed by atoms with Gasteiger partial charge >= 0.3 is 6.09 Å². The molecule has 0 bridgehead atoms. The zero-order valence-corrected chi connectivity index (χ0v) is 9.63. The van der Waals surface area contributed by atoms with Crippen molar-refractivity contribution >= 4 is 6.09 Å². The molecule has 0 aromatic heterocycles. The van der Waals surface area contributed by atoms with E-state index in [1.165, 1.54) is 0 Å². The van der Waals surface area contributed by atoms with E-state index in [-0.39, 0.29) is 6.23 Å². The highest BCUT2D eigenvalue weighted by Gasteiger charge is 2.20. The lowest BCUT2D eigenvalue weighted by Gasteiger charge is -2.22. The molecule has 1 aliphatic rings. The second-order valence-corrected chi connectivity index (χ2v) is 4.64. The maximum absolute atomic E-state index is 11.4. The molecule has 1 fully saturated rings. The van der Waals surface area contributed by atoms with Gasteiger partial charge in [0.05, 0.1) is 0 Å². The number of rotatable bonds is 1. The van der Waals surface area contributed by atoms with E-state index in [1.54, 1.807) is 0 Å². The molecular weight excluding hydrogens is 196 g/mol.